The Bertz CT molecular complexity index is 970. The molecule has 0 aromatic heterocycles. The Labute approximate surface area is 168 Å². The molecular formula is C22H22N2O5. The topological polar surface area (TPSA) is 77.1 Å². The highest BCUT2D eigenvalue weighted by Crippen LogP contribution is 2.37. The van der Waals surface area contributed by atoms with E-state index >= 15 is 0 Å². The molecule has 0 radical (unpaired) electrons. The molecule has 0 spiro atoms. The van der Waals surface area contributed by atoms with Crippen molar-refractivity contribution in [1.29, 1.82) is 0 Å². The van der Waals surface area contributed by atoms with Crippen LogP contribution < -0.4 is 14.8 Å². The van der Waals surface area contributed by atoms with Crippen LogP contribution in [0.1, 0.15) is 24.1 Å². The fraction of sp³-hybridized carbons (Fsp3) is 0.273. The van der Waals surface area contributed by atoms with Crippen LogP contribution in [-0.4, -0.2) is 37.3 Å². The number of hydrogen-bond donors (Lipinski definition) is 1. The van der Waals surface area contributed by atoms with E-state index < -0.39 is 12.0 Å². The number of ether oxygens (including phenoxy) is 3. The monoisotopic (exact) mass is 394 g/mol. The molecule has 1 atom stereocenters. The van der Waals surface area contributed by atoms with Gasteiger partial charge in [0, 0.05) is 19.2 Å². The highest BCUT2D eigenvalue weighted by Gasteiger charge is 2.35. The highest BCUT2D eigenvalue weighted by molar-refractivity contribution is 5.95. The summed E-state index contributed by atoms with van der Waals surface area (Å²) < 4.78 is 16.3. The standard InChI is InChI=1S/C22H22N2O5/c1-14-19(21(25)27-11-10-15-6-4-3-5-7-15)20(23-22(26)24(14)2)16-8-9-17-18(12-16)29-13-28-17/h3-9,12,20H,10-11,13H2,1-2H3,(H,23,26). The summed E-state index contributed by atoms with van der Waals surface area (Å²) in [4.78, 5) is 26.7. The normalized spacial score (nSPS) is 17.9. The van der Waals surface area contributed by atoms with Crippen molar-refractivity contribution in [2.45, 2.75) is 19.4 Å². The van der Waals surface area contributed by atoms with E-state index in [4.69, 9.17) is 14.2 Å². The van der Waals surface area contributed by atoms with Crippen LogP contribution in [0.15, 0.2) is 59.8 Å². The molecule has 4 rings (SSSR count). The molecule has 29 heavy (non-hydrogen) atoms. The lowest BCUT2D eigenvalue weighted by Crippen LogP contribution is -2.46. The third kappa shape index (κ3) is 3.76. The van der Waals surface area contributed by atoms with Crippen molar-refractivity contribution in [1.82, 2.24) is 10.2 Å². The number of hydrogen-bond acceptors (Lipinski definition) is 5. The molecule has 0 aliphatic carbocycles. The number of nitrogens with one attached hydrogen (secondary N) is 1. The lowest BCUT2D eigenvalue weighted by Gasteiger charge is -2.33. The van der Waals surface area contributed by atoms with Gasteiger partial charge >= 0.3 is 12.0 Å². The first-order valence-electron chi connectivity index (χ1n) is 9.40. The molecule has 0 saturated carbocycles. The number of rotatable bonds is 5. The number of amides is 2. The van der Waals surface area contributed by atoms with Crippen LogP contribution in [0.3, 0.4) is 0 Å². The first kappa shape index (κ1) is 18.9. The number of carbonyl (C=O) groups excluding carboxylic acids is 2. The number of carbonyl (C=O) groups is 2. The summed E-state index contributed by atoms with van der Waals surface area (Å²) in [6, 6.07) is 14.3. The number of allylic oxidation sites excluding steroid dienone is 1. The average molecular weight is 394 g/mol. The van der Waals surface area contributed by atoms with Gasteiger partial charge in [-0.3, -0.25) is 0 Å². The van der Waals surface area contributed by atoms with E-state index in [1.54, 1.807) is 26.1 Å². The Balaban J connectivity index is 1.57. The summed E-state index contributed by atoms with van der Waals surface area (Å²) in [5, 5.41) is 2.88. The zero-order valence-electron chi connectivity index (χ0n) is 16.3. The maximum Gasteiger partial charge on any atom is 0.338 e. The molecule has 0 bridgehead atoms. The predicted octanol–water partition coefficient (Wildman–Crippen LogP) is 3.17. The van der Waals surface area contributed by atoms with Crippen molar-refractivity contribution < 1.29 is 23.8 Å². The van der Waals surface area contributed by atoms with Crippen LogP contribution in [0.25, 0.3) is 0 Å². The Morgan fingerprint density at radius 3 is 2.72 bits per heavy atom. The summed E-state index contributed by atoms with van der Waals surface area (Å²) in [6.45, 7) is 2.15. The third-order valence-electron chi connectivity index (χ3n) is 5.17. The Hall–Kier alpha value is -3.48. The molecule has 7 nitrogen and oxygen atoms in total. The van der Waals surface area contributed by atoms with Gasteiger partial charge in [0.15, 0.2) is 11.5 Å². The third-order valence-corrected chi connectivity index (χ3v) is 5.17. The van der Waals surface area contributed by atoms with E-state index in [0.717, 1.165) is 11.1 Å². The maximum absolute atomic E-state index is 13.0. The minimum absolute atomic E-state index is 0.155. The van der Waals surface area contributed by atoms with Gasteiger partial charge in [0.2, 0.25) is 6.79 Å². The molecule has 0 saturated heterocycles. The van der Waals surface area contributed by atoms with Crippen LogP contribution >= 0.6 is 0 Å². The van der Waals surface area contributed by atoms with Crippen LogP contribution in [0.4, 0.5) is 4.79 Å². The Morgan fingerprint density at radius 1 is 1.17 bits per heavy atom. The molecule has 1 N–H and O–H groups in total. The molecule has 1 unspecified atom stereocenters. The van der Waals surface area contributed by atoms with Crippen molar-refractivity contribution in [2.75, 3.05) is 20.4 Å². The van der Waals surface area contributed by atoms with Gasteiger partial charge in [-0.2, -0.15) is 0 Å². The first-order chi connectivity index (χ1) is 14.0. The fourth-order valence-electron chi connectivity index (χ4n) is 3.43. The summed E-state index contributed by atoms with van der Waals surface area (Å²) >= 11 is 0. The van der Waals surface area contributed by atoms with Crippen LogP contribution in [-0.2, 0) is 16.0 Å². The molecule has 2 aliphatic rings. The summed E-state index contributed by atoms with van der Waals surface area (Å²) in [5.41, 5.74) is 2.78. The van der Waals surface area contributed by atoms with E-state index in [2.05, 4.69) is 5.32 Å². The maximum atomic E-state index is 13.0. The number of urea groups is 1. The second-order valence-corrected chi connectivity index (χ2v) is 6.92. The lowest BCUT2D eigenvalue weighted by molar-refractivity contribution is -0.139. The molecule has 2 aliphatic heterocycles. The van der Waals surface area contributed by atoms with Crippen LogP contribution in [0.2, 0.25) is 0 Å². The molecule has 2 heterocycles. The number of nitrogens with zero attached hydrogens (tertiary/aromatic N) is 1. The van der Waals surface area contributed by atoms with E-state index in [-0.39, 0.29) is 19.4 Å². The summed E-state index contributed by atoms with van der Waals surface area (Å²) in [5.74, 6) is 0.777. The van der Waals surface area contributed by atoms with Gasteiger partial charge < -0.3 is 24.4 Å². The SMILES string of the molecule is CC1=C(C(=O)OCCc2ccccc2)C(c2ccc3c(c2)OCO3)NC(=O)N1C. The van der Waals surface area contributed by atoms with Gasteiger partial charge in [-0.25, -0.2) is 9.59 Å². The van der Waals surface area contributed by atoms with E-state index in [9.17, 15) is 9.59 Å². The van der Waals surface area contributed by atoms with Crippen LogP contribution in [0.5, 0.6) is 11.5 Å². The molecule has 2 aromatic rings. The largest absolute Gasteiger partial charge is 0.462 e. The minimum atomic E-state index is -0.627. The van der Waals surface area contributed by atoms with Gasteiger partial charge in [0.05, 0.1) is 18.2 Å². The summed E-state index contributed by atoms with van der Waals surface area (Å²) in [6.07, 6.45) is 0.621. The van der Waals surface area contributed by atoms with Gasteiger partial charge in [0.1, 0.15) is 0 Å². The first-order valence-corrected chi connectivity index (χ1v) is 9.40. The molecular weight excluding hydrogens is 372 g/mol. The molecule has 2 amide bonds. The zero-order chi connectivity index (χ0) is 20.4. The molecule has 150 valence electrons. The van der Waals surface area contributed by atoms with Crippen LogP contribution in [0, 0.1) is 0 Å². The quantitative estimate of drug-likeness (QED) is 0.789. The molecule has 0 fully saturated rings. The van der Waals surface area contributed by atoms with Crippen molar-refractivity contribution >= 4 is 12.0 Å². The van der Waals surface area contributed by atoms with Crippen molar-refractivity contribution in [2.24, 2.45) is 0 Å². The van der Waals surface area contributed by atoms with E-state index in [1.807, 2.05) is 36.4 Å². The number of benzene rings is 2. The fourth-order valence-corrected chi connectivity index (χ4v) is 3.43. The molecule has 2 aromatic carbocycles. The van der Waals surface area contributed by atoms with Crippen molar-refractivity contribution in [3.63, 3.8) is 0 Å². The van der Waals surface area contributed by atoms with Crippen molar-refractivity contribution in [3.05, 3.63) is 70.9 Å². The number of esters is 1. The smallest absolute Gasteiger partial charge is 0.338 e. The van der Waals surface area contributed by atoms with Gasteiger partial charge in [0.25, 0.3) is 0 Å². The Morgan fingerprint density at radius 2 is 1.93 bits per heavy atom. The second-order valence-electron chi connectivity index (χ2n) is 6.92. The average Bonchev–Trinajstić information content (AvgIpc) is 3.20. The van der Waals surface area contributed by atoms with Gasteiger partial charge in [-0.15, -0.1) is 0 Å². The molecule has 7 heteroatoms. The predicted molar refractivity (Wildman–Crippen MR) is 105 cm³/mol. The number of fused-ring (bicyclic) bond motifs is 1. The van der Waals surface area contributed by atoms with Crippen molar-refractivity contribution in [3.8, 4) is 11.5 Å². The minimum Gasteiger partial charge on any atom is -0.462 e. The lowest BCUT2D eigenvalue weighted by atomic mass is 9.94. The van der Waals surface area contributed by atoms with Gasteiger partial charge in [-0.1, -0.05) is 36.4 Å². The van der Waals surface area contributed by atoms with E-state index in [1.165, 1.54) is 4.90 Å². The highest BCUT2D eigenvalue weighted by atomic mass is 16.7. The second kappa shape index (κ2) is 7.87. The Kier molecular flexibility index (Phi) is 5.12. The van der Waals surface area contributed by atoms with Gasteiger partial charge in [-0.05, 0) is 30.2 Å². The van der Waals surface area contributed by atoms with E-state index in [0.29, 0.717) is 29.2 Å². The zero-order valence-corrected chi connectivity index (χ0v) is 16.3. The summed E-state index contributed by atoms with van der Waals surface area (Å²) in [7, 11) is 1.62.